The standard InChI is InChI=1S/C7H14BN3O3/c1-10(2)3-4-14-11-6-7(5-9-11)8(12)13/h5-6,12-13H,3-4H2,1-2H3. The Kier molecular flexibility index (Phi) is 3.93. The third-order valence-electron chi connectivity index (χ3n) is 1.64. The van der Waals surface area contributed by atoms with Gasteiger partial charge in [-0.05, 0) is 14.1 Å². The van der Waals surface area contributed by atoms with Crippen LogP contribution in [0.1, 0.15) is 0 Å². The number of hydrogen-bond acceptors (Lipinski definition) is 5. The number of rotatable bonds is 5. The van der Waals surface area contributed by atoms with Crippen LogP contribution in [0, 0.1) is 0 Å². The van der Waals surface area contributed by atoms with E-state index in [2.05, 4.69) is 5.10 Å². The smallest absolute Gasteiger partial charge is 0.423 e. The van der Waals surface area contributed by atoms with E-state index in [1.807, 2.05) is 19.0 Å². The van der Waals surface area contributed by atoms with E-state index in [0.717, 1.165) is 6.54 Å². The molecule has 0 aromatic carbocycles. The van der Waals surface area contributed by atoms with Gasteiger partial charge < -0.3 is 19.8 Å². The van der Waals surface area contributed by atoms with Crippen LogP contribution < -0.4 is 10.3 Å². The van der Waals surface area contributed by atoms with Gasteiger partial charge in [0.25, 0.3) is 0 Å². The molecular weight excluding hydrogens is 185 g/mol. The van der Waals surface area contributed by atoms with E-state index in [1.165, 1.54) is 17.2 Å². The molecule has 0 bridgehead atoms. The fourth-order valence-electron chi connectivity index (χ4n) is 0.839. The molecule has 0 amide bonds. The van der Waals surface area contributed by atoms with Crippen molar-refractivity contribution in [2.24, 2.45) is 0 Å². The van der Waals surface area contributed by atoms with Crippen molar-refractivity contribution >= 4 is 12.6 Å². The number of hydrogen-bond donors (Lipinski definition) is 2. The highest BCUT2D eigenvalue weighted by molar-refractivity contribution is 6.58. The van der Waals surface area contributed by atoms with Gasteiger partial charge in [-0.2, -0.15) is 0 Å². The Hall–Kier alpha value is -1.05. The number of aromatic nitrogens is 2. The molecule has 0 aliphatic carbocycles. The van der Waals surface area contributed by atoms with Crippen LogP contribution in [-0.2, 0) is 0 Å². The van der Waals surface area contributed by atoms with E-state index in [0.29, 0.717) is 12.1 Å². The maximum Gasteiger partial charge on any atom is 0.491 e. The Morgan fingerprint density at radius 1 is 1.57 bits per heavy atom. The van der Waals surface area contributed by atoms with Crippen molar-refractivity contribution in [3.05, 3.63) is 12.4 Å². The molecule has 14 heavy (non-hydrogen) atoms. The molecule has 0 aliphatic rings. The molecule has 1 aromatic rings. The SMILES string of the molecule is CN(C)CCOn1cc(B(O)O)cn1. The first-order chi connectivity index (χ1) is 6.59. The Morgan fingerprint density at radius 2 is 2.29 bits per heavy atom. The van der Waals surface area contributed by atoms with E-state index in [4.69, 9.17) is 14.9 Å². The van der Waals surface area contributed by atoms with Crippen molar-refractivity contribution < 1.29 is 14.9 Å². The quantitative estimate of drug-likeness (QED) is 0.515. The zero-order valence-electron chi connectivity index (χ0n) is 8.29. The summed E-state index contributed by atoms with van der Waals surface area (Å²) >= 11 is 0. The van der Waals surface area contributed by atoms with Crippen LogP contribution in [0.15, 0.2) is 12.4 Å². The van der Waals surface area contributed by atoms with E-state index >= 15 is 0 Å². The van der Waals surface area contributed by atoms with Crippen molar-refractivity contribution in [1.29, 1.82) is 0 Å². The van der Waals surface area contributed by atoms with Gasteiger partial charge in [-0.3, -0.25) is 0 Å². The third kappa shape index (κ3) is 3.37. The average Bonchev–Trinajstić information content (AvgIpc) is 2.52. The first kappa shape index (κ1) is 11.0. The van der Waals surface area contributed by atoms with Crippen LogP contribution in [0.4, 0.5) is 0 Å². The van der Waals surface area contributed by atoms with Gasteiger partial charge in [0.05, 0.1) is 12.4 Å². The van der Waals surface area contributed by atoms with Crippen molar-refractivity contribution in [3.8, 4) is 0 Å². The third-order valence-corrected chi connectivity index (χ3v) is 1.64. The molecule has 0 unspecified atom stereocenters. The maximum absolute atomic E-state index is 8.79. The Morgan fingerprint density at radius 3 is 2.79 bits per heavy atom. The van der Waals surface area contributed by atoms with Gasteiger partial charge in [0.1, 0.15) is 6.61 Å². The fourth-order valence-corrected chi connectivity index (χ4v) is 0.839. The second-order valence-electron chi connectivity index (χ2n) is 3.19. The minimum Gasteiger partial charge on any atom is -0.423 e. The van der Waals surface area contributed by atoms with Crippen molar-refractivity contribution in [2.45, 2.75) is 0 Å². The minimum atomic E-state index is -1.50. The molecule has 0 saturated heterocycles. The van der Waals surface area contributed by atoms with Gasteiger partial charge in [-0.15, -0.1) is 9.94 Å². The second kappa shape index (κ2) is 4.99. The summed E-state index contributed by atoms with van der Waals surface area (Å²) in [6, 6.07) is 0. The molecule has 0 spiro atoms. The lowest BCUT2D eigenvalue weighted by molar-refractivity contribution is 0.0717. The van der Waals surface area contributed by atoms with Gasteiger partial charge >= 0.3 is 7.12 Å². The van der Waals surface area contributed by atoms with Crippen molar-refractivity contribution in [3.63, 3.8) is 0 Å². The Balaban J connectivity index is 2.36. The topological polar surface area (TPSA) is 70.8 Å². The molecule has 0 saturated carbocycles. The second-order valence-corrected chi connectivity index (χ2v) is 3.19. The summed E-state index contributed by atoms with van der Waals surface area (Å²) in [6.45, 7) is 1.27. The first-order valence-corrected chi connectivity index (χ1v) is 4.28. The zero-order chi connectivity index (χ0) is 10.6. The van der Waals surface area contributed by atoms with E-state index in [9.17, 15) is 0 Å². The van der Waals surface area contributed by atoms with E-state index < -0.39 is 7.12 Å². The molecule has 0 aliphatic heterocycles. The normalized spacial score (nSPS) is 10.6. The van der Waals surface area contributed by atoms with Gasteiger partial charge in [-0.25, -0.2) is 0 Å². The molecule has 0 atom stereocenters. The van der Waals surface area contributed by atoms with Gasteiger partial charge in [0, 0.05) is 12.0 Å². The van der Waals surface area contributed by atoms with Crippen molar-refractivity contribution in [2.75, 3.05) is 27.2 Å². The lowest BCUT2D eigenvalue weighted by Gasteiger charge is -2.09. The van der Waals surface area contributed by atoms with Gasteiger partial charge in [-0.1, -0.05) is 0 Å². The van der Waals surface area contributed by atoms with Crippen LogP contribution in [-0.4, -0.2) is 59.3 Å². The number of likely N-dealkylation sites (N-methyl/N-ethyl adjacent to an activating group) is 1. The average molecular weight is 199 g/mol. The largest absolute Gasteiger partial charge is 0.491 e. The Labute approximate surface area is 82.8 Å². The van der Waals surface area contributed by atoms with Crippen LogP contribution in [0.2, 0.25) is 0 Å². The fraction of sp³-hybridized carbons (Fsp3) is 0.571. The molecule has 0 fully saturated rings. The van der Waals surface area contributed by atoms with Gasteiger partial charge in [0.2, 0.25) is 0 Å². The molecule has 1 heterocycles. The van der Waals surface area contributed by atoms with Crippen molar-refractivity contribution in [1.82, 2.24) is 14.8 Å². The summed E-state index contributed by atoms with van der Waals surface area (Å²) in [4.78, 5) is 8.39. The summed E-state index contributed by atoms with van der Waals surface area (Å²) in [5.41, 5.74) is 0.315. The summed E-state index contributed by atoms with van der Waals surface area (Å²) in [6.07, 6.45) is 2.78. The van der Waals surface area contributed by atoms with Crippen LogP contribution in [0.25, 0.3) is 0 Å². The predicted octanol–water partition coefficient (Wildman–Crippen LogP) is -2.45. The summed E-state index contributed by atoms with van der Waals surface area (Å²) in [5.74, 6) is 0. The van der Waals surface area contributed by atoms with Gasteiger partial charge in [0.15, 0.2) is 0 Å². The summed E-state index contributed by atoms with van der Waals surface area (Å²) in [7, 11) is 2.38. The highest BCUT2D eigenvalue weighted by atomic mass is 16.7. The first-order valence-electron chi connectivity index (χ1n) is 4.28. The number of nitrogens with zero attached hydrogens (tertiary/aromatic N) is 3. The van der Waals surface area contributed by atoms with E-state index in [-0.39, 0.29) is 0 Å². The molecule has 7 heteroatoms. The molecule has 78 valence electrons. The summed E-state index contributed by atoms with van der Waals surface area (Å²) in [5, 5.41) is 21.4. The molecule has 6 nitrogen and oxygen atoms in total. The summed E-state index contributed by atoms with van der Waals surface area (Å²) < 4.78 is 0. The molecule has 2 N–H and O–H groups in total. The van der Waals surface area contributed by atoms with Crippen LogP contribution in [0.3, 0.4) is 0 Å². The lowest BCUT2D eigenvalue weighted by atomic mass is 9.83. The minimum absolute atomic E-state index is 0.315. The predicted molar refractivity (Wildman–Crippen MR) is 52.1 cm³/mol. The maximum atomic E-state index is 8.79. The molecular formula is C7H14BN3O3. The van der Waals surface area contributed by atoms with E-state index in [1.54, 1.807) is 0 Å². The van der Waals surface area contributed by atoms with Crippen LogP contribution >= 0.6 is 0 Å². The monoisotopic (exact) mass is 199 g/mol. The highest BCUT2D eigenvalue weighted by Crippen LogP contribution is 1.81. The molecule has 1 aromatic heterocycles. The highest BCUT2D eigenvalue weighted by Gasteiger charge is 2.13. The molecule has 0 radical (unpaired) electrons. The zero-order valence-corrected chi connectivity index (χ0v) is 8.29. The Bertz CT molecular complexity index is 277. The van der Waals surface area contributed by atoms with Crippen LogP contribution in [0.5, 0.6) is 0 Å². The lowest BCUT2D eigenvalue weighted by Crippen LogP contribution is -2.29. The molecule has 1 rings (SSSR count).